The van der Waals surface area contributed by atoms with Gasteiger partial charge in [0, 0.05) is 6.54 Å². The Bertz CT molecular complexity index is 553. The summed E-state index contributed by atoms with van der Waals surface area (Å²) in [5.41, 5.74) is -0.251. The van der Waals surface area contributed by atoms with Crippen LogP contribution in [0.2, 0.25) is 0 Å². The van der Waals surface area contributed by atoms with E-state index in [0.29, 0.717) is 7.05 Å². The summed E-state index contributed by atoms with van der Waals surface area (Å²) < 4.78 is 101. The summed E-state index contributed by atoms with van der Waals surface area (Å²) >= 11 is 0. The van der Waals surface area contributed by atoms with Gasteiger partial charge in [-0.1, -0.05) is 5.57 Å². The van der Waals surface area contributed by atoms with E-state index in [-0.39, 0.29) is 11.4 Å². The zero-order valence-corrected chi connectivity index (χ0v) is 17.0. The molecule has 0 aromatic carbocycles. The number of halogens is 7. The summed E-state index contributed by atoms with van der Waals surface area (Å²) in [6, 6.07) is -3.27. The molecule has 172 valence electrons. The van der Waals surface area contributed by atoms with Crippen molar-refractivity contribution in [2.24, 2.45) is 0 Å². The van der Waals surface area contributed by atoms with Crippen LogP contribution in [0.25, 0.3) is 0 Å². The Morgan fingerprint density at radius 2 is 1.48 bits per heavy atom. The smallest absolute Gasteiger partial charge is 0.459 e. The van der Waals surface area contributed by atoms with Crippen LogP contribution in [0.15, 0.2) is 12.2 Å². The van der Waals surface area contributed by atoms with Gasteiger partial charge < -0.3 is 9.47 Å². The number of carbonyl (C=O) groups excluding carboxylic acids is 2. The summed E-state index contributed by atoms with van der Waals surface area (Å²) in [5.74, 6) is -14.3. The second-order valence-corrected chi connectivity index (χ2v) is 7.29. The Balaban J connectivity index is 0. The van der Waals surface area contributed by atoms with Gasteiger partial charge in [0.25, 0.3) is 6.47 Å². The fraction of sp³-hybridized carbons (Fsp3) is 0.765. The molecule has 5 nitrogen and oxygen atoms in total. The first-order valence-corrected chi connectivity index (χ1v) is 8.15. The van der Waals surface area contributed by atoms with Crippen LogP contribution in [0.1, 0.15) is 34.6 Å². The van der Waals surface area contributed by atoms with Gasteiger partial charge in [-0.15, -0.1) is 6.58 Å². The molecule has 1 atom stereocenters. The first-order chi connectivity index (χ1) is 12.7. The van der Waals surface area contributed by atoms with E-state index in [1.54, 1.807) is 0 Å². The minimum Gasteiger partial charge on any atom is -0.467 e. The Kier molecular flexibility index (Phi) is 10.9. The highest BCUT2D eigenvalue weighted by Gasteiger charge is 2.77. The molecule has 0 aliphatic heterocycles. The third kappa shape index (κ3) is 9.46. The van der Waals surface area contributed by atoms with Gasteiger partial charge in [-0.2, -0.15) is 30.7 Å². The maximum Gasteiger partial charge on any atom is 0.459 e. The van der Waals surface area contributed by atoms with Crippen LogP contribution in [-0.2, 0) is 19.1 Å². The van der Waals surface area contributed by atoms with Crippen molar-refractivity contribution < 1.29 is 49.8 Å². The number of likely N-dealkylation sites (N-methyl/N-ethyl adjacent to an activating group) is 1. The molecular weight excluding hydrogens is 415 g/mol. The number of allylic oxidation sites excluding steroid dienone is 1. The molecule has 0 aliphatic rings. The molecule has 0 fully saturated rings. The molecule has 12 heteroatoms. The number of hydrogen-bond acceptors (Lipinski definition) is 5. The van der Waals surface area contributed by atoms with Gasteiger partial charge in [0.2, 0.25) is 0 Å². The number of alkyl halides is 7. The second kappa shape index (κ2) is 10.8. The normalized spacial score (nSPS) is 13.9. The lowest BCUT2D eigenvalue weighted by Gasteiger charge is -2.38. The van der Waals surface area contributed by atoms with Crippen LogP contribution in [0.4, 0.5) is 30.7 Å². The van der Waals surface area contributed by atoms with Gasteiger partial charge in [0.15, 0.2) is 6.04 Å². The number of carbonyl (C=O) groups is 2. The Labute approximate surface area is 164 Å². The Morgan fingerprint density at radius 1 is 1.07 bits per heavy atom. The number of esters is 1. The Hall–Kier alpha value is -1.85. The molecule has 0 aromatic heterocycles. The average Bonchev–Trinajstić information content (AvgIpc) is 2.43. The number of ether oxygens (including phenoxy) is 2. The molecule has 1 unspecified atom stereocenters. The first kappa shape index (κ1) is 29.4. The number of hydrogen-bond donors (Lipinski definition) is 0. The van der Waals surface area contributed by atoms with E-state index < -0.39 is 48.8 Å². The predicted octanol–water partition coefficient (Wildman–Crippen LogP) is 4.22. The molecular formula is C17H26F7NO4. The highest BCUT2D eigenvalue weighted by Crippen LogP contribution is 2.49. The third-order valence-electron chi connectivity index (χ3n) is 2.82. The molecule has 0 heterocycles. The number of rotatable bonds is 8. The quantitative estimate of drug-likeness (QED) is 0.186. The highest BCUT2D eigenvalue weighted by molar-refractivity contribution is 5.78. The van der Waals surface area contributed by atoms with Crippen molar-refractivity contribution in [2.45, 2.75) is 64.3 Å². The van der Waals surface area contributed by atoms with Gasteiger partial charge in [0.1, 0.15) is 12.2 Å². The molecule has 0 spiro atoms. The van der Waals surface area contributed by atoms with E-state index in [4.69, 9.17) is 0 Å². The summed E-state index contributed by atoms with van der Waals surface area (Å²) in [6.07, 6.45) is -6.60. The lowest BCUT2D eigenvalue weighted by molar-refractivity contribution is -0.363. The van der Waals surface area contributed by atoms with E-state index in [9.17, 15) is 40.3 Å². The predicted molar refractivity (Wildman–Crippen MR) is 90.7 cm³/mol. The largest absolute Gasteiger partial charge is 0.467 e. The monoisotopic (exact) mass is 441 g/mol. The molecule has 0 aromatic rings. The summed E-state index contributed by atoms with van der Waals surface area (Å²) in [7, 11) is 0.698. The third-order valence-corrected chi connectivity index (χ3v) is 2.82. The molecule has 0 aliphatic carbocycles. The summed E-state index contributed by atoms with van der Waals surface area (Å²) in [5, 5.41) is 0. The molecule has 0 saturated carbocycles. The molecule has 0 bridgehead atoms. The van der Waals surface area contributed by atoms with Crippen molar-refractivity contribution in [2.75, 3.05) is 20.2 Å². The van der Waals surface area contributed by atoms with Gasteiger partial charge in [-0.3, -0.25) is 14.5 Å². The van der Waals surface area contributed by atoms with Crippen LogP contribution in [-0.4, -0.2) is 67.2 Å². The molecule has 0 amide bonds. The standard InChI is InChI=1S/C13H18F7NO4.C4H8/c1-10(2,3)25-9(23)8(21(4)5-6-24-7-22)11(14,15)12(16,17)13(18,19)20;1-4(2)3/h7-8H,5-6H2,1-4H3;1H2,2-3H3. The van der Waals surface area contributed by atoms with Crippen molar-refractivity contribution in [3.8, 4) is 0 Å². The zero-order chi connectivity index (χ0) is 23.8. The van der Waals surface area contributed by atoms with Gasteiger partial charge >= 0.3 is 24.0 Å². The molecule has 0 N–H and O–H groups in total. The Morgan fingerprint density at radius 3 is 1.79 bits per heavy atom. The van der Waals surface area contributed by atoms with Gasteiger partial charge in [-0.05, 0) is 41.7 Å². The van der Waals surface area contributed by atoms with Crippen molar-refractivity contribution >= 4 is 12.4 Å². The van der Waals surface area contributed by atoms with Crippen LogP contribution in [0.5, 0.6) is 0 Å². The van der Waals surface area contributed by atoms with Crippen LogP contribution in [0, 0.1) is 0 Å². The van der Waals surface area contributed by atoms with Crippen molar-refractivity contribution in [3.05, 3.63) is 12.2 Å². The zero-order valence-electron chi connectivity index (χ0n) is 17.0. The van der Waals surface area contributed by atoms with E-state index in [2.05, 4.69) is 16.1 Å². The van der Waals surface area contributed by atoms with E-state index in [1.165, 1.54) is 26.3 Å². The second-order valence-electron chi connectivity index (χ2n) is 7.29. The lowest BCUT2D eigenvalue weighted by atomic mass is 10.0. The maximum atomic E-state index is 14.0. The fourth-order valence-electron chi connectivity index (χ4n) is 1.70. The van der Waals surface area contributed by atoms with E-state index in [1.807, 2.05) is 13.8 Å². The van der Waals surface area contributed by atoms with Crippen molar-refractivity contribution in [1.82, 2.24) is 4.90 Å². The minimum absolute atomic E-state index is 0.0845. The SMILES string of the molecule is C=C(C)C.CN(CCOC=O)C(C(=O)OC(C)(C)C)C(F)(F)C(F)(F)C(F)(F)F. The molecule has 0 saturated heterocycles. The van der Waals surface area contributed by atoms with Crippen LogP contribution < -0.4 is 0 Å². The summed E-state index contributed by atoms with van der Waals surface area (Å²) in [6.45, 7) is 9.74. The minimum atomic E-state index is -6.60. The highest BCUT2D eigenvalue weighted by atomic mass is 19.4. The van der Waals surface area contributed by atoms with Crippen LogP contribution >= 0.6 is 0 Å². The van der Waals surface area contributed by atoms with Gasteiger partial charge in [-0.25, -0.2) is 0 Å². The molecule has 0 rings (SSSR count). The summed E-state index contributed by atoms with van der Waals surface area (Å²) in [4.78, 5) is 22.1. The average molecular weight is 441 g/mol. The van der Waals surface area contributed by atoms with Crippen molar-refractivity contribution in [1.29, 1.82) is 0 Å². The molecule has 0 radical (unpaired) electrons. The fourth-order valence-corrected chi connectivity index (χ4v) is 1.70. The maximum absolute atomic E-state index is 14.0. The van der Waals surface area contributed by atoms with Crippen molar-refractivity contribution in [3.63, 3.8) is 0 Å². The first-order valence-electron chi connectivity index (χ1n) is 8.15. The lowest BCUT2D eigenvalue weighted by Crippen LogP contribution is -2.65. The molecule has 29 heavy (non-hydrogen) atoms. The van der Waals surface area contributed by atoms with Crippen LogP contribution in [0.3, 0.4) is 0 Å². The number of nitrogens with zero attached hydrogens (tertiary/aromatic N) is 1. The van der Waals surface area contributed by atoms with E-state index in [0.717, 1.165) is 0 Å². The van der Waals surface area contributed by atoms with E-state index >= 15 is 0 Å². The topological polar surface area (TPSA) is 55.8 Å². The van der Waals surface area contributed by atoms with Gasteiger partial charge in [0.05, 0.1) is 0 Å².